The smallest absolute Gasteiger partial charge is 0.113 e. The van der Waals surface area contributed by atoms with E-state index in [9.17, 15) is 5.11 Å². The fraction of sp³-hybridized carbons (Fsp3) is 0.435. The number of para-hydroxylation sites is 2. The second-order valence-electron chi connectivity index (χ2n) is 7.70. The molecule has 0 saturated heterocycles. The number of aromatic nitrogens is 2. The number of rotatable bonds is 7. The van der Waals surface area contributed by atoms with Crippen LogP contribution >= 0.6 is 24.0 Å². The summed E-state index contributed by atoms with van der Waals surface area (Å²) in [5.74, 6) is 1.61. The van der Waals surface area contributed by atoms with Crippen molar-refractivity contribution in [1.29, 1.82) is 0 Å². The van der Waals surface area contributed by atoms with Crippen molar-refractivity contribution < 1.29 is 9.84 Å². The highest BCUT2D eigenvalue weighted by molar-refractivity contribution is 6.30. The van der Waals surface area contributed by atoms with Gasteiger partial charge in [-0.2, -0.15) is 0 Å². The Labute approximate surface area is 183 Å². The number of ether oxygens (including phenoxy) is 1. The first-order valence-corrected chi connectivity index (χ1v) is 10.5. The fourth-order valence-corrected chi connectivity index (χ4v) is 4.24. The topological polar surface area (TPSA) is 47.3 Å². The fourth-order valence-electron chi connectivity index (χ4n) is 4.12. The van der Waals surface area contributed by atoms with E-state index in [1.165, 1.54) is 32.1 Å². The number of imidazole rings is 1. The zero-order chi connectivity index (χ0) is 19.3. The molecule has 3 aromatic rings. The third-order valence-electron chi connectivity index (χ3n) is 5.54. The van der Waals surface area contributed by atoms with Crippen LogP contribution in [0.15, 0.2) is 48.5 Å². The second-order valence-corrected chi connectivity index (χ2v) is 8.14. The van der Waals surface area contributed by atoms with Crippen molar-refractivity contribution in [1.82, 2.24) is 9.55 Å². The summed E-state index contributed by atoms with van der Waals surface area (Å²) < 4.78 is 7.95. The molecule has 0 bridgehead atoms. The van der Waals surface area contributed by atoms with E-state index in [-0.39, 0.29) is 12.4 Å². The Hall–Kier alpha value is -1.59. The maximum absolute atomic E-state index is 10.6. The third kappa shape index (κ3) is 5.52. The maximum atomic E-state index is 10.6. The largest absolute Gasteiger partial charge is 0.389 e. The number of aliphatic hydroxyl groups is 1. The highest BCUT2D eigenvalue weighted by atomic mass is 35.5. The van der Waals surface area contributed by atoms with Crippen molar-refractivity contribution in [2.45, 2.75) is 57.3 Å². The van der Waals surface area contributed by atoms with Crippen LogP contribution in [0.5, 0.6) is 0 Å². The molecular weight excluding hydrogens is 407 g/mol. The third-order valence-corrected chi connectivity index (χ3v) is 5.79. The highest BCUT2D eigenvalue weighted by Gasteiger charge is 2.23. The first-order chi connectivity index (χ1) is 13.7. The first-order valence-electron chi connectivity index (χ1n) is 10.2. The number of benzene rings is 2. The highest BCUT2D eigenvalue weighted by Crippen LogP contribution is 2.34. The Morgan fingerprint density at radius 2 is 1.79 bits per heavy atom. The molecule has 1 aromatic heterocycles. The van der Waals surface area contributed by atoms with Gasteiger partial charge < -0.3 is 14.4 Å². The number of aliphatic hydroxyl groups excluding tert-OH is 1. The van der Waals surface area contributed by atoms with Crippen LogP contribution in [0.2, 0.25) is 5.02 Å². The number of halogens is 2. The lowest BCUT2D eigenvalue weighted by Gasteiger charge is -2.23. The van der Waals surface area contributed by atoms with Crippen LogP contribution < -0.4 is 0 Å². The van der Waals surface area contributed by atoms with Gasteiger partial charge in [0.05, 0.1) is 36.9 Å². The molecule has 4 nitrogen and oxygen atoms in total. The Morgan fingerprint density at radius 1 is 1.07 bits per heavy atom. The molecule has 2 aromatic carbocycles. The molecule has 0 spiro atoms. The van der Waals surface area contributed by atoms with Crippen molar-refractivity contribution in [3.63, 3.8) is 0 Å². The van der Waals surface area contributed by atoms with Crippen molar-refractivity contribution in [2.75, 3.05) is 6.61 Å². The number of fused-ring (bicyclic) bond motifs is 1. The molecule has 0 radical (unpaired) electrons. The molecule has 156 valence electrons. The van der Waals surface area contributed by atoms with Crippen LogP contribution in [-0.4, -0.2) is 27.4 Å². The average Bonchev–Trinajstić information content (AvgIpc) is 3.09. The van der Waals surface area contributed by atoms with E-state index in [0.29, 0.717) is 30.7 Å². The van der Waals surface area contributed by atoms with E-state index in [1.807, 2.05) is 36.4 Å². The monoisotopic (exact) mass is 434 g/mol. The Bertz CT molecular complexity index is 905. The normalized spacial score (nSPS) is 15.9. The van der Waals surface area contributed by atoms with Gasteiger partial charge in [-0.15, -0.1) is 12.4 Å². The maximum Gasteiger partial charge on any atom is 0.113 e. The lowest BCUT2D eigenvalue weighted by molar-refractivity contribution is 0.0203. The molecule has 1 N–H and O–H groups in total. The molecular formula is C23H28Cl2N2O2. The molecule has 4 rings (SSSR count). The summed E-state index contributed by atoms with van der Waals surface area (Å²) in [4.78, 5) is 4.92. The Morgan fingerprint density at radius 3 is 2.55 bits per heavy atom. The SMILES string of the molecule is Cl.OC(COCc1ccc(Cl)cc1)Cn1c(C2CCCCC2)nc2ccccc21. The average molecular weight is 435 g/mol. The van der Waals surface area contributed by atoms with Crippen LogP contribution in [0.25, 0.3) is 11.0 Å². The van der Waals surface area contributed by atoms with E-state index in [4.69, 9.17) is 21.3 Å². The van der Waals surface area contributed by atoms with Crippen LogP contribution in [0.3, 0.4) is 0 Å². The van der Waals surface area contributed by atoms with Gasteiger partial charge in [-0.25, -0.2) is 4.98 Å². The lowest BCUT2D eigenvalue weighted by atomic mass is 9.88. The van der Waals surface area contributed by atoms with Crippen molar-refractivity contribution in [3.05, 3.63) is 64.9 Å². The van der Waals surface area contributed by atoms with Crippen molar-refractivity contribution in [3.8, 4) is 0 Å². The molecule has 1 aliphatic carbocycles. The van der Waals surface area contributed by atoms with Gasteiger partial charge in [-0.3, -0.25) is 0 Å². The number of hydrogen-bond acceptors (Lipinski definition) is 3. The van der Waals surface area contributed by atoms with Gasteiger partial charge in [0.15, 0.2) is 0 Å². The Balaban J connectivity index is 0.00000240. The van der Waals surface area contributed by atoms with E-state index < -0.39 is 6.10 Å². The summed E-state index contributed by atoms with van der Waals surface area (Å²) in [6.45, 7) is 1.26. The minimum atomic E-state index is -0.577. The van der Waals surface area contributed by atoms with E-state index >= 15 is 0 Å². The van der Waals surface area contributed by atoms with E-state index in [1.54, 1.807) is 0 Å². The molecule has 1 fully saturated rings. The predicted molar refractivity (Wildman–Crippen MR) is 120 cm³/mol. The van der Waals surface area contributed by atoms with Gasteiger partial charge >= 0.3 is 0 Å². The zero-order valence-corrected chi connectivity index (χ0v) is 18.0. The molecule has 1 atom stereocenters. The summed E-state index contributed by atoms with van der Waals surface area (Å²) in [6.07, 6.45) is 5.64. The van der Waals surface area contributed by atoms with Gasteiger partial charge in [-0.05, 0) is 42.7 Å². The summed E-state index contributed by atoms with van der Waals surface area (Å²) in [7, 11) is 0. The van der Waals surface area contributed by atoms with E-state index in [0.717, 1.165) is 22.4 Å². The van der Waals surface area contributed by atoms with Crippen molar-refractivity contribution >= 4 is 35.0 Å². The molecule has 1 saturated carbocycles. The number of hydrogen-bond donors (Lipinski definition) is 1. The van der Waals surface area contributed by atoms with Crippen molar-refractivity contribution in [2.24, 2.45) is 0 Å². The van der Waals surface area contributed by atoms with Gasteiger partial charge in [0.25, 0.3) is 0 Å². The quantitative estimate of drug-likeness (QED) is 0.515. The van der Waals surface area contributed by atoms with E-state index in [2.05, 4.69) is 16.7 Å². The molecule has 1 unspecified atom stereocenters. The van der Waals surface area contributed by atoms with Gasteiger partial charge in [0.1, 0.15) is 5.82 Å². The van der Waals surface area contributed by atoms with Crippen LogP contribution in [0, 0.1) is 0 Å². The van der Waals surface area contributed by atoms with Crippen LogP contribution in [0.4, 0.5) is 0 Å². The number of nitrogens with zero attached hydrogens (tertiary/aromatic N) is 2. The summed E-state index contributed by atoms with van der Waals surface area (Å²) >= 11 is 5.91. The summed E-state index contributed by atoms with van der Waals surface area (Å²) in [5, 5.41) is 11.3. The van der Waals surface area contributed by atoms with Gasteiger partial charge in [0.2, 0.25) is 0 Å². The summed E-state index contributed by atoms with van der Waals surface area (Å²) in [5.41, 5.74) is 3.16. The summed E-state index contributed by atoms with van der Waals surface area (Å²) in [6, 6.07) is 15.8. The standard InChI is InChI=1S/C23H27ClN2O2.ClH/c24-19-12-10-17(11-13-19)15-28-16-20(27)14-26-22-9-5-4-8-21(22)25-23(26)18-6-2-1-3-7-18;/h4-5,8-13,18,20,27H,1-3,6-7,14-16H2;1H. The molecule has 0 amide bonds. The molecule has 0 aliphatic heterocycles. The predicted octanol–water partition coefficient (Wildman–Crippen LogP) is 5.74. The minimum Gasteiger partial charge on any atom is -0.389 e. The molecule has 6 heteroatoms. The molecule has 1 heterocycles. The molecule has 1 aliphatic rings. The Kier molecular flexibility index (Phi) is 7.96. The lowest BCUT2D eigenvalue weighted by Crippen LogP contribution is -2.24. The minimum absolute atomic E-state index is 0. The first kappa shape index (κ1) is 22.1. The zero-order valence-electron chi connectivity index (χ0n) is 16.5. The van der Waals surface area contributed by atoms with Crippen LogP contribution in [-0.2, 0) is 17.9 Å². The second kappa shape index (κ2) is 10.4. The van der Waals surface area contributed by atoms with Gasteiger partial charge in [-0.1, -0.05) is 55.1 Å². The van der Waals surface area contributed by atoms with Gasteiger partial charge in [0, 0.05) is 10.9 Å². The van der Waals surface area contributed by atoms with Crippen LogP contribution in [0.1, 0.15) is 49.4 Å². The molecule has 29 heavy (non-hydrogen) atoms.